The maximum atomic E-state index is 6.45. The summed E-state index contributed by atoms with van der Waals surface area (Å²) in [6.45, 7) is 0. The normalized spacial score (nSPS) is 14.7. The Morgan fingerprint density at radius 1 is 1.08 bits per heavy atom. The van der Waals surface area contributed by atoms with Crippen LogP contribution in [0.3, 0.4) is 0 Å². The van der Waals surface area contributed by atoms with E-state index in [4.69, 9.17) is 26.5 Å². The third-order valence-corrected chi connectivity index (χ3v) is 5.07. The van der Waals surface area contributed by atoms with Crippen molar-refractivity contribution in [2.75, 3.05) is 7.11 Å². The molecule has 0 amide bonds. The van der Waals surface area contributed by atoms with Gasteiger partial charge < -0.3 is 14.9 Å². The molecule has 3 nitrogen and oxygen atoms in total. The predicted octanol–water partition coefficient (Wildman–Crippen LogP) is 5.44. The first-order valence-electron chi connectivity index (χ1n) is 8.30. The third-order valence-electron chi connectivity index (χ3n) is 4.83. The number of methoxy groups -OCH3 is 1. The second-order valence-electron chi connectivity index (χ2n) is 6.38. The van der Waals surface area contributed by atoms with Gasteiger partial charge in [-0.05, 0) is 73.2 Å². The van der Waals surface area contributed by atoms with Gasteiger partial charge in [0.2, 0.25) is 0 Å². The number of nitrogens with two attached hydrogens (primary N) is 1. The summed E-state index contributed by atoms with van der Waals surface area (Å²) in [5.41, 5.74) is 11.0. The van der Waals surface area contributed by atoms with Gasteiger partial charge in [0, 0.05) is 16.0 Å². The lowest BCUT2D eigenvalue weighted by Crippen LogP contribution is -2.12. The van der Waals surface area contributed by atoms with Crippen molar-refractivity contribution in [1.82, 2.24) is 0 Å². The van der Waals surface area contributed by atoms with Crippen LogP contribution in [0.4, 0.5) is 0 Å². The number of hydrogen-bond donors (Lipinski definition) is 1. The van der Waals surface area contributed by atoms with E-state index < -0.39 is 6.04 Å². The molecule has 1 atom stereocenters. The van der Waals surface area contributed by atoms with Crippen LogP contribution in [0, 0.1) is 0 Å². The summed E-state index contributed by atoms with van der Waals surface area (Å²) in [7, 11) is 1.63. The number of hydrogen-bond acceptors (Lipinski definition) is 3. The molecule has 2 N–H and O–H groups in total. The zero-order chi connectivity index (χ0) is 16.7. The Hall–Kier alpha value is -1.68. The molecule has 25 heavy (non-hydrogen) atoms. The summed E-state index contributed by atoms with van der Waals surface area (Å²) in [6.07, 6.45) is 4.81. The van der Waals surface area contributed by atoms with Crippen LogP contribution in [0.2, 0.25) is 5.02 Å². The number of rotatable bonds is 3. The van der Waals surface area contributed by atoms with Crippen molar-refractivity contribution in [3.8, 4) is 5.75 Å². The first-order valence-corrected chi connectivity index (χ1v) is 8.68. The lowest BCUT2D eigenvalue weighted by molar-refractivity contribution is 0.404. The van der Waals surface area contributed by atoms with Crippen LogP contribution >= 0.6 is 24.0 Å². The average Bonchev–Trinajstić information content (AvgIpc) is 3.01. The number of benzene rings is 2. The lowest BCUT2D eigenvalue weighted by Gasteiger charge is -2.14. The SMILES string of the molecule is COc1ccc(Cl)cc1C(N)c1cc2cc3c(cc2o1)CCCC3.Cl. The molecule has 4 rings (SSSR count). The number of ether oxygens (including phenoxy) is 1. The first kappa shape index (κ1) is 18.1. The number of halogens is 2. The molecule has 0 spiro atoms. The molecule has 0 radical (unpaired) electrons. The topological polar surface area (TPSA) is 48.4 Å². The number of furan rings is 1. The molecular formula is C20H21Cl2NO2. The Morgan fingerprint density at radius 2 is 1.80 bits per heavy atom. The van der Waals surface area contributed by atoms with E-state index in [1.54, 1.807) is 13.2 Å². The molecule has 5 heteroatoms. The summed E-state index contributed by atoms with van der Waals surface area (Å²) >= 11 is 6.13. The maximum Gasteiger partial charge on any atom is 0.134 e. The van der Waals surface area contributed by atoms with Gasteiger partial charge in [0.25, 0.3) is 0 Å². The first-order chi connectivity index (χ1) is 11.7. The molecule has 1 heterocycles. The monoisotopic (exact) mass is 377 g/mol. The van der Waals surface area contributed by atoms with Gasteiger partial charge in [-0.3, -0.25) is 0 Å². The highest BCUT2D eigenvalue weighted by Crippen LogP contribution is 2.35. The molecule has 3 aromatic rings. The van der Waals surface area contributed by atoms with Crippen molar-refractivity contribution in [3.63, 3.8) is 0 Å². The fourth-order valence-corrected chi connectivity index (χ4v) is 3.73. The van der Waals surface area contributed by atoms with E-state index >= 15 is 0 Å². The molecule has 1 aliphatic rings. The van der Waals surface area contributed by atoms with Crippen LogP contribution in [0.15, 0.2) is 40.8 Å². The third kappa shape index (κ3) is 3.37. The largest absolute Gasteiger partial charge is 0.496 e. The van der Waals surface area contributed by atoms with E-state index in [-0.39, 0.29) is 12.4 Å². The van der Waals surface area contributed by atoms with E-state index in [1.807, 2.05) is 18.2 Å². The second kappa shape index (κ2) is 7.28. The highest BCUT2D eigenvalue weighted by molar-refractivity contribution is 6.30. The van der Waals surface area contributed by atoms with E-state index in [2.05, 4.69) is 12.1 Å². The van der Waals surface area contributed by atoms with Crippen LogP contribution in [-0.2, 0) is 12.8 Å². The molecule has 0 bridgehead atoms. The summed E-state index contributed by atoms with van der Waals surface area (Å²) in [6, 6.07) is 11.5. The second-order valence-corrected chi connectivity index (χ2v) is 6.81. The fraction of sp³-hybridized carbons (Fsp3) is 0.300. The van der Waals surface area contributed by atoms with Crippen LogP contribution in [-0.4, -0.2) is 7.11 Å². The molecule has 1 unspecified atom stereocenters. The van der Waals surface area contributed by atoms with E-state index in [9.17, 15) is 0 Å². The van der Waals surface area contributed by atoms with Gasteiger partial charge in [-0.25, -0.2) is 0 Å². The van der Waals surface area contributed by atoms with Crippen LogP contribution in [0.1, 0.15) is 41.3 Å². The van der Waals surface area contributed by atoms with Gasteiger partial charge in [0.1, 0.15) is 17.1 Å². The molecule has 1 aromatic heterocycles. The highest BCUT2D eigenvalue weighted by Gasteiger charge is 2.20. The molecule has 1 aliphatic carbocycles. The molecule has 132 valence electrons. The molecule has 0 aliphatic heterocycles. The van der Waals surface area contributed by atoms with E-state index in [1.165, 1.54) is 24.0 Å². The van der Waals surface area contributed by atoms with Gasteiger partial charge in [0.05, 0.1) is 13.2 Å². The van der Waals surface area contributed by atoms with Crippen molar-refractivity contribution in [2.24, 2.45) is 5.73 Å². The van der Waals surface area contributed by atoms with Crippen molar-refractivity contribution in [2.45, 2.75) is 31.7 Å². The van der Waals surface area contributed by atoms with Crippen LogP contribution < -0.4 is 10.5 Å². The summed E-state index contributed by atoms with van der Waals surface area (Å²) in [4.78, 5) is 0. The van der Waals surface area contributed by atoms with E-state index in [0.29, 0.717) is 10.8 Å². The fourth-order valence-electron chi connectivity index (χ4n) is 3.55. The zero-order valence-electron chi connectivity index (χ0n) is 14.0. The van der Waals surface area contributed by atoms with Gasteiger partial charge in [-0.2, -0.15) is 0 Å². The molecule has 2 aromatic carbocycles. The van der Waals surface area contributed by atoms with Gasteiger partial charge >= 0.3 is 0 Å². The maximum absolute atomic E-state index is 6.45. The van der Waals surface area contributed by atoms with E-state index in [0.717, 1.165) is 35.1 Å². The van der Waals surface area contributed by atoms with Gasteiger partial charge in [-0.15, -0.1) is 12.4 Å². The Kier molecular flexibility index (Phi) is 5.28. The predicted molar refractivity (Wildman–Crippen MR) is 104 cm³/mol. The van der Waals surface area contributed by atoms with Gasteiger partial charge in [0.15, 0.2) is 0 Å². The Bertz CT molecular complexity index is 861. The summed E-state index contributed by atoms with van der Waals surface area (Å²) < 4.78 is 11.5. The molecule has 0 saturated heterocycles. The Balaban J connectivity index is 0.00000182. The summed E-state index contributed by atoms with van der Waals surface area (Å²) in [5.74, 6) is 1.44. The molecule has 0 fully saturated rings. The Labute approximate surface area is 158 Å². The zero-order valence-corrected chi connectivity index (χ0v) is 15.6. The minimum absolute atomic E-state index is 0. The smallest absolute Gasteiger partial charge is 0.134 e. The number of fused-ring (bicyclic) bond motifs is 2. The molecular weight excluding hydrogens is 357 g/mol. The van der Waals surface area contributed by atoms with Crippen molar-refractivity contribution >= 4 is 35.0 Å². The van der Waals surface area contributed by atoms with Crippen LogP contribution in [0.25, 0.3) is 11.0 Å². The van der Waals surface area contributed by atoms with Crippen LogP contribution in [0.5, 0.6) is 5.75 Å². The van der Waals surface area contributed by atoms with Crippen molar-refractivity contribution in [1.29, 1.82) is 0 Å². The molecule has 0 saturated carbocycles. The summed E-state index contributed by atoms with van der Waals surface area (Å²) in [5, 5.41) is 1.75. The van der Waals surface area contributed by atoms with Crippen molar-refractivity contribution in [3.05, 3.63) is 63.9 Å². The average molecular weight is 378 g/mol. The highest BCUT2D eigenvalue weighted by atomic mass is 35.5. The lowest BCUT2D eigenvalue weighted by atomic mass is 9.91. The minimum atomic E-state index is -0.414. The standard InChI is InChI=1S/C20H20ClNO2.ClH/c1-23-17-7-6-15(21)11-16(17)20(22)19-10-14-8-12-4-2-3-5-13(12)9-18(14)24-19;/h6-11,20H,2-5,22H2,1H3;1H. The van der Waals surface area contributed by atoms with Crippen molar-refractivity contribution < 1.29 is 9.15 Å². The minimum Gasteiger partial charge on any atom is -0.496 e. The van der Waals surface area contributed by atoms with Gasteiger partial charge in [-0.1, -0.05) is 11.6 Å². The Morgan fingerprint density at radius 3 is 2.52 bits per heavy atom. The quantitative estimate of drug-likeness (QED) is 0.660. The number of aryl methyl sites for hydroxylation is 2.